The molecule has 1 rings (SSSR count). The average molecular weight is 304 g/mol. The highest BCUT2D eigenvalue weighted by atomic mass is 32.2. The zero-order valence-electron chi connectivity index (χ0n) is 10.5. The first-order valence-corrected chi connectivity index (χ1v) is 7.50. The predicted octanol–water partition coefficient (Wildman–Crippen LogP) is 0.690. The molecule has 110 valence electrons. The maximum Gasteiger partial charge on any atom is 0.335 e. The molecule has 0 aliphatic rings. The van der Waals surface area contributed by atoms with Crippen molar-refractivity contribution in [3.05, 3.63) is 29.6 Å². The van der Waals surface area contributed by atoms with Gasteiger partial charge in [0, 0.05) is 12.8 Å². The minimum Gasteiger partial charge on any atom is -0.478 e. The number of sulfone groups is 1. The number of nitrogens with one attached hydrogen (secondary N) is 2. The summed E-state index contributed by atoms with van der Waals surface area (Å²) < 4.78 is 35.1. The summed E-state index contributed by atoms with van der Waals surface area (Å²) in [6, 6.07) is 2.11. The zero-order valence-corrected chi connectivity index (χ0v) is 11.3. The van der Waals surface area contributed by atoms with Crippen LogP contribution < -0.4 is 10.6 Å². The van der Waals surface area contributed by atoms with Crippen LogP contribution in [0.25, 0.3) is 0 Å². The molecule has 3 N–H and O–H groups in total. The highest BCUT2D eigenvalue weighted by Gasteiger charge is 2.11. The number of amides is 2. The molecule has 2 amide bonds. The highest BCUT2D eigenvalue weighted by molar-refractivity contribution is 7.90. The van der Waals surface area contributed by atoms with Crippen LogP contribution in [0.4, 0.5) is 14.9 Å². The quantitative estimate of drug-likeness (QED) is 0.741. The lowest BCUT2D eigenvalue weighted by molar-refractivity contribution is 0.0697. The van der Waals surface area contributed by atoms with Crippen molar-refractivity contribution < 1.29 is 27.5 Å². The van der Waals surface area contributed by atoms with Crippen molar-refractivity contribution in [1.29, 1.82) is 0 Å². The summed E-state index contributed by atoms with van der Waals surface area (Å²) in [6.07, 6.45) is 1.02. The molecule has 0 saturated carbocycles. The van der Waals surface area contributed by atoms with E-state index in [1.165, 1.54) is 0 Å². The molecule has 7 nitrogen and oxygen atoms in total. The van der Waals surface area contributed by atoms with Gasteiger partial charge in [-0.15, -0.1) is 0 Å². The minimum atomic E-state index is -3.21. The van der Waals surface area contributed by atoms with E-state index >= 15 is 0 Å². The number of benzene rings is 1. The lowest BCUT2D eigenvalue weighted by Gasteiger charge is -2.08. The highest BCUT2D eigenvalue weighted by Crippen LogP contribution is 2.16. The van der Waals surface area contributed by atoms with Crippen LogP contribution in [-0.4, -0.2) is 44.1 Å². The van der Waals surface area contributed by atoms with Gasteiger partial charge in [-0.2, -0.15) is 0 Å². The van der Waals surface area contributed by atoms with Gasteiger partial charge in [0.15, 0.2) is 0 Å². The van der Waals surface area contributed by atoms with Crippen molar-refractivity contribution >= 4 is 27.5 Å². The summed E-state index contributed by atoms with van der Waals surface area (Å²) in [4.78, 5) is 22.1. The molecule has 0 fully saturated rings. The van der Waals surface area contributed by atoms with Gasteiger partial charge in [-0.1, -0.05) is 0 Å². The Balaban J connectivity index is 2.66. The Kier molecular flexibility index (Phi) is 5.03. The summed E-state index contributed by atoms with van der Waals surface area (Å²) in [6.45, 7) is -0.134. The normalized spacial score (nSPS) is 10.9. The number of aromatic carboxylic acids is 1. The molecule has 0 atom stereocenters. The van der Waals surface area contributed by atoms with Gasteiger partial charge in [0.05, 0.1) is 17.0 Å². The first-order chi connectivity index (χ1) is 9.19. The van der Waals surface area contributed by atoms with Crippen LogP contribution >= 0.6 is 0 Å². The molecule has 0 saturated heterocycles. The fraction of sp³-hybridized carbons (Fsp3) is 0.273. The Hall–Kier alpha value is -2.16. The fourth-order valence-electron chi connectivity index (χ4n) is 1.27. The molecule has 0 aromatic heterocycles. The van der Waals surface area contributed by atoms with Crippen molar-refractivity contribution in [3.63, 3.8) is 0 Å². The SMILES string of the molecule is CS(=O)(=O)CCNC(=O)Nc1cc(C(=O)O)ccc1F. The number of hydrogen-bond acceptors (Lipinski definition) is 4. The molecule has 0 bridgehead atoms. The number of carboxylic acids is 1. The number of carboxylic acid groups (broad SMARTS) is 1. The van der Waals surface area contributed by atoms with Gasteiger partial charge < -0.3 is 15.7 Å². The van der Waals surface area contributed by atoms with E-state index in [9.17, 15) is 22.4 Å². The zero-order chi connectivity index (χ0) is 15.3. The van der Waals surface area contributed by atoms with Gasteiger partial charge >= 0.3 is 12.0 Å². The molecule has 0 heterocycles. The van der Waals surface area contributed by atoms with Crippen LogP contribution in [0.15, 0.2) is 18.2 Å². The van der Waals surface area contributed by atoms with E-state index in [1.807, 2.05) is 0 Å². The Labute approximate surface area is 114 Å². The van der Waals surface area contributed by atoms with Crippen molar-refractivity contribution in [3.8, 4) is 0 Å². The van der Waals surface area contributed by atoms with Crippen molar-refractivity contribution in [2.45, 2.75) is 0 Å². The molecular formula is C11H13FN2O5S. The number of halogens is 1. The monoisotopic (exact) mass is 304 g/mol. The van der Waals surface area contributed by atoms with E-state index in [2.05, 4.69) is 10.6 Å². The number of rotatable bonds is 5. The Morgan fingerprint density at radius 1 is 1.35 bits per heavy atom. The maximum absolute atomic E-state index is 13.4. The van der Waals surface area contributed by atoms with E-state index in [1.54, 1.807) is 0 Å². The van der Waals surface area contributed by atoms with Crippen molar-refractivity contribution in [2.75, 3.05) is 23.9 Å². The number of carbonyl (C=O) groups is 2. The number of hydrogen-bond donors (Lipinski definition) is 3. The van der Waals surface area contributed by atoms with Crippen LogP contribution in [0, 0.1) is 5.82 Å². The Bertz CT molecular complexity index is 630. The lowest BCUT2D eigenvalue weighted by Crippen LogP contribution is -2.32. The topological polar surface area (TPSA) is 113 Å². The standard InChI is InChI=1S/C11H13FN2O5S/c1-20(18,19)5-4-13-11(17)14-9-6-7(10(15)16)2-3-8(9)12/h2-3,6H,4-5H2,1H3,(H,15,16)(H2,13,14,17). The molecular weight excluding hydrogens is 291 g/mol. The van der Waals surface area contributed by atoms with Crippen molar-refractivity contribution in [1.82, 2.24) is 5.32 Å². The molecule has 1 aromatic carbocycles. The number of urea groups is 1. The second kappa shape index (κ2) is 6.33. The third-order valence-corrected chi connectivity index (χ3v) is 3.17. The largest absolute Gasteiger partial charge is 0.478 e. The van der Waals surface area contributed by atoms with E-state index in [0.717, 1.165) is 24.5 Å². The lowest BCUT2D eigenvalue weighted by atomic mass is 10.2. The van der Waals surface area contributed by atoms with Gasteiger partial charge in [-0.05, 0) is 18.2 Å². The second-order valence-electron chi connectivity index (χ2n) is 4.01. The first kappa shape index (κ1) is 15.9. The summed E-state index contributed by atoms with van der Waals surface area (Å²) in [7, 11) is -3.21. The Morgan fingerprint density at radius 2 is 2.00 bits per heavy atom. The third kappa shape index (κ3) is 5.22. The molecule has 20 heavy (non-hydrogen) atoms. The van der Waals surface area contributed by atoms with E-state index in [-0.39, 0.29) is 23.5 Å². The smallest absolute Gasteiger partial charge is 0.335 e. The Morgan fingerprint density at radius 3 is 2.55 bits per heavy atom. The van der Waals surface area contributed by atoms with Gasteiger partial charge in [-0.3, -0.25) is 0 Å². The van der Waals surface area contributed by atoms with Gasteiger partial charge in [-0.25, -0.2) is 22.4 Å². The van der Waals surface area contributed by atoms with Crippen LogP contribution in [-0.2, 0) is 9.84 Å². The fourth-order valence-corrected chi connectivity index (χ4v) is 1.74. The second-order valence-corrected chi connectivity index (χ2v) is 6.27. The van der Waals surface area contributed by atoms with Crippen LogP contribution in [0.2, 0.25) is 0 Å². The van der Waals surface area contributed by atoms with Crippen LogP contribution in [0.5, 0.6) is 0 Å². The van der Waals surface area contributed by atoms with Crippen LogP contribution in [0.3, 0.4) is 0 Å². The molecule has 0 aliphatic heterocycles. The van der Waals surface area contributed by atoms with Gasteiger partial charge in [0.1, 0.15) is 15.7 Å². The van der Waals surface area contributed by atoms with Gasteiger partial charge in [0.25, 0.3) is 0 Å². The maximum atomic E-state index is 13.4. The summed E-state index contributed by atoms with van der Waals surface area (Å²) in [5.41, 5.74) is -0.486. The minimum absolute atomic E-state index is 0.134. The summed E-state index contributed by atoms with van der Waals surface area (Å²) in [5.74, 6) is -2.31. The predicted molar refractivity (Wildman–Crippen MR) is 70.1 cm³/mol. The first-order valence-electron chi connectivity index (χ1n) is 5.44. The molecule has 1 aromatic rings. The van der Waals surface area contributed by atoms with Crippen molar-refractivity contribution in [2.24, 2.45) is 0 Å². The number of anilines is 1. The number of carbonyl (C=O) groups excluding carboxylic acids is 1. The summed E-state index contributed by atoms with van der Waals surface area (Å²) >= 11 is 0. The van der Waals surface area contributed by atoms with E-state index in [4.69, 9.17) is 5.11 Å². The average Bonchev–Trinajstić information content (AvgIpc) is 2.30. The molecule has 0 radical (unpaired) electrons. The third-order valence-electron chi connectivity index (χ3n) is 2.22. The van der Waals surface area contributed by atoms with E-state index < -0.39 is 27.7 Å². The molecule has 0 spiro atoms. The summed E-state index contributed by atoms with van der Waals surface area (Å²) in [5, 5.41) is 13.1. The molecule has 0 unspecified atom stereocenters. The molecule has 9 heteroatoms. The van der Waals surface area contributed by atoms with Crippen LogP contribution in [0.1, 0.15) is 10.4 Å². The molecule has 0 aliphatic carbocycles. The van der Waals surface area contributed by atoms with E-state index in [0.29, 0.717) is 0 Å². The van der Waals surface area contributed by atoms with Gasteiger partial charge in [0.2, 0.25) is 0 Å².